The molecule has 0 saturated carbocycles. The van der Waals surface area contributed by atoms with Gasteiger partial charge in [-0.25, -0.2) is 5.43 Å². The molecule has 0 atom stereocenters. The van der Waals surface area contributed by atoms with Crippen LogP contribution < -0.4 is 10.7 Å². The fourth-order valence-electron chi connectivity index (χ4n) is 2.23. The van der Waals surface area contributed by atoms with Crippen molar-refractivity contribution in [2.75, 3.05) is 5.32 Å². The molecule has 21 heavy (non-hydrogen) atoms. The third-order valence-corrected chi connectivity index (χ3v) is 3.31. The number of amides is 2. The van der Waals surface area contributed by atoms with E-state index in [0.29, 0.717) is 17.5 Å². The first-order valence-electron chi connectivity index (χ1n) is 6.52. The molecule has 1 heterocycles. The zero-order valence-electron chi connectivity index (χ0n) is 11.1. The van der Waals surface area contributed by atoms with Crippen LogP contribution in [0.4, 0.5) is 5.69 Å². The van der Waals surface area contributed by atoms with Crippen molar-refractivity contribution in [1.82, 2.24) is 5.43 Å². The van der Waals surface area contributed by atoms with E-state index in [1.807, 2.05) is 6.07 Å². The monoisotopic (exact) mass is 283 g/mol. The Morgan fingerprint density at radius 3 is 2.67 bits per heavy atom. The fourth-order valence-corrected chi connectivity index (χ4v) is 2.23. The number of fused-ring (bicyclic) bond motifs is 1. The Morgan fingerprint density at radius 2 is 1.90 bits per heavy atom. The molecular formula is C15H13N3O3. The molecular weight excluding hydrogens is 270 g/mol. The SMILES string of the molecule is O=C1CCC(C(=O)Nc2cccc3c(O)cccc23)=NN1. The first kappa shape index (κ1) is 13.1. The molecule has 0 fully saturated rings. The van der Waals surface area contributed by atoms with Gasteiger partial charge in [0.15, 0.2) is 0 Å². The van der Waals surface area contributed by atoms with Gasteiger partial charge in [0, 0.05) is 29.3 Å². The van der Waals surface area contributed by atoms with Crippen LogP contribution in [0.5, 0.6) is 5.75 Å². The van der Waals surface area contributed by atoms with Gasteiger partial charge in [0.25, 0.3) is 5.91 Å². The van der Waals surface area contributed by atoms with E-state index in [4.69, 9.17) is 0 Å². The number of nitrogens with one attached hydrogen (secondary N) is 2. The zero-order chi connectivity index (χ0) is 14.8. The van der Waals surface area contributed by atoms with Crippen molar-refractivity contribution in [3.8, 4) is 5.75 Å². The van der Waals surface area contributed by atoms with Gasteiger partial charge in [0.1, 0.15) is 11.5 Å². The quantitative estimate of drug-likeness (QED) is 0.784. The third-order valence-electron chi connectivity index (χ3n) is 3.31. The summed E-state index contributed by atoms with van der Waals surface area (Å²) in [5.74, 6) is -0.390. The van der Waals surface area contributed by atoms with Crippen LogP contribution in [0.2, 0.25) is 0 Å². The van der Waals surface area contributed by atoms with E-state index in [-0.39, 0.29) is 29.7 Å². The molecule has 0 aromatic heterocycles. The molecule has 0 saturated heterocycles. The summed E-state index contributed by atoms with van der Waals surface area (Å²) in [6.07, 6.45) is 0.566. The molecule has 2 aromatic rings. The van der Waals surface area contributed by atoms with Crippen LogP contribution in [0, 0.1) is 0 Å². The van der Waals surface area contributed by atoms with Gasteiger partial charge in [0.05, 0.1) is 0 Å². The van der Waals surface area contributed by atoms with Gasteiger partial charge in [-0.05, 0) is 12.1 Å². The normalized spacial score (nSPS) is 14.5. The summed E-state index contributed by atoms with van der Waals surface area (Å²) in [7, 11) is 0. The zero-order valence-corrected chi connectivity index (χ0v) is 11.1. The average Bonchev–Trinajstić information content (AvgIpc) is 2.49. The molecule has 1 aliphatic heterocycles. The minimum atomic E-state index is -0.356. The summed E-state index contributed by atoms with van der Waals surface area (Å²) in [5.41, 5.74) is 3.17. The number of carbonyl (C=O) groups excluding carboxylic acids is 2. The maximum absolute atomic E-state index is 12.1. The average molecular weight is 283 g/mol. The molecule has 2 aromatic carbocycles. The third kappa shape index (κ3) is 2.55. The van der Waals surface area contributed by atoms with Crippen molar-refractivity contribution in [1.29, 1.82) is 0 Å². The van der Waals surface area contributed by atoms with Gasteiger partial charge < -0.3 is 10.4 Å². The second kappa shape index (κ2) is 5.24. The van der Waals surface area contributed by atoms with Gasteiger partial charge >= 0.3 is 0 Å². The first-order chi connectivity index (χ1) is 10.1. The standard InChI is InChI=1S/C15H13N3O3/c19-13-6-2-3-9-10(13)4-1-5-11(9)16-15(21)12-7-8-14(20)18-17-12/h1-6,19H,7-8H2,(H,16,21)(H,18,20). The van der Waals surface area contributed by atoms with E-state index in [9.17, 15) is 14.7 Å². The van der Waals surface area contributed by atoms with E-state index in [0.717, 1.165) is 5.39 Å². The van der Waals surface area contributed by atoms with Gasteiger partial charge in [-0.3, -0.25) is 9.59 Å². The Labute approximate surface area is 120 Å². The van der Waals surface area contributed by atoms with Gasteiger partial charge in [-0.15, -0.1) is 0 Å². The first-order valence-corrected chi connectivity index (χ1v) is 6.52. The second-order valence-corrected chi connectivity index (χ2v) is 4.73. The minimum absolute atomic E-state index is 0.158. The Kier molecular flexibility index (Phi) is 3.27. The van der Waals surface area contributed by atoms with Crippen LogP contribution in [0.3, 0.4) is 0 Å². The number of rotatable bonds is 2. The summed E-state index contributed by atoms with van der Waals surface area (Å²) < 4.78 is 0. The molecule has 106 valence electrons. The van der Waals surface area contributed by atoms with Crippen molar-refractivity contribution in [2.24, 2.45) is 5.10 Å². The molecule has 0 spiro atoms. The van der Waals surface area contributed by atoms with Crippen molar-refractivity contribution < 1.29 is 14.7 Å². The van der Waals surface area contributed by atoms with Crippen molar-refractivity contribution in [3.63, 3.8) is 0 Å². The van der Waals surface area contributed by atoms with E-state index >= 15 is 0 Å². The number of anilines is 1. The van der Waals surface area contributed by atoms with E-state index in [1.165, 1.54) is 0 Å². The van der Waals surface area contributed by atoms with E-state index in [1.54, 1.807) is 30.3 Å². The molecule has 0 unspecified atom stereocenters. The Morgan fingerprint density at radius 1 is 1.14 bits per heavy atom. The lowest BCUT2D eigenvalue weighted by atomic mass is 10.1. The molecule has 2 amide bonds. The van der Waals surface area contributed by atoms with Gasteiger partial charge in [0.2, 0.25) is 5.91 Å². The molecule has 6 nitrogen and oxygen atoms in total. The van der Waals surface area contributed by atoms with Crippen LogP contribution in [0.1, 0.15) is 12.8 Å². The van der Waals surface area contributed by atoms with E-state index in [2.05, 4.69) is 15.8 Å². The van der Waals surface area contributed by atoms with Crippen LogP contribution in [-0.2, 0) is 9.59 Å². The number of hydrogen-bond donors (Lipinski definition) is 3. The summed E-state index contributed by atoms with van der Waals surface area (Å²) in [6, 6.07) is 10.4. The summed E-state index contributed by atoms with van der Waals surface area (Å²) in [5, 5.41) is 17.8. The highest BCUT2D eigenvalue weighted by Gasteiger charge is 2.19. The molecule has 3 rings (SSSR count). The summed E-state index contributed by atoms with van der Waals surface area (Å²) in [4.78, 5) is 23.2. The molecule has 3 N–H and O–H groups in total. The number of nitrogens with zero attached hydrogens (tertiary/aromatic N) is 1. The number of benzene rings is 2. The van der Waals surface area contributed by atoms with Gasteiger partial charge in [-0.2, -0.15) is 5.10 Å². The Balaban J connectivity index is 1.90. The number of hydrogen-bond acceptors (Lipinski definition) is 4. The smallest absolute Gasteiger partial charge is 0.271 e. The number of hydrazone groups is 1. The topological polar surface area (TPSA) is 90.8 Å². The van der Waals surface area contributed by atoms with Crippen LogP contribution in [-0.4, -0.2) is 22.6 Å². The maximum Gasteiger partial charge on any atom is 0.271 e. The predicted octanol–water partition coefficient (Wildman–Crippen LogP) is 1.75. The number of carbonyl (C=O) groups is 2. The lowest BCUT2D eigenvalue weighted by Gasteiger charge is -2.13. The highest BCUT2D eigenvalue weighted by atomic mass is 16.3. The van der Waals surface area contributed by atoms with E-state index < -0.39 is 0 Å². The minimum Gasteiger partial charge on any atom is -0.507 e. The lowest BCUT2D eigenvalue weighted by molar-refractivity contribution is -0.121. The number of phenolic OH excluding ortho intramolecular Hbond substituents is 1. The molecule has 0 aliphatic carbocycles. The molecule has 1 aliphatic rings. The van der Waals surface area contributed by atoms with Crippen molar-refractivity contribution in [2.45, 2.75) is 12.8 Å². The molecule has 0 radical (unpaired) electrons. The summed E-state index contributed by atoms with van der Waals surface area (Å²) in [6.45, 7) is 0. The lowest BCUT2D eigenvalue weighted by Crippen LogP contribution is -2.32. The van der Waals surface area contributed by atoms with Crippen molar-refractivity contribution in [3.05, 3.63) is 36.4 Å². The van der Waals surface area contributed by atoms with Crippen LogP contribution >= 0.6 is 0 Å². The highest BCUT2D eigenvalue weighted by Crippen LogP contribution is 2.29. The second-order valence-electron chi connectivity index (χ2n) is 4.73. The van der Waals surface area contributed by atoms with Crippen LogP contribution in [0.15, 0.2) is 41.5 Å². The number of phenols is 1. The van der Waals surface area contributed by atoms with Gasteiger partial charge in [-0.1, -0.05) is 24.3 Å². The summed E-state index contributed by atoms with van der Waals surface area (Å²) >= 11 is 0. The predicted molar refractivity (Wildman–Crippen MR) is 79.1 cm³/mol. The maximum atomic E-state index is 12.1. The highest BCUT2D eigenvalue weighted by molar-refractivity contribution is 6.44. The fraction of sp³-hybridized carbons (Fsp3) is 0.133. The molecule has 0 bridgehead atoms. The Bertz CT molecular complexity index is 768. The largest absolute Gasteiger partial charge is 0.507 e. The van der Waals surface area contributed by atoms with Crippen molar-refractivity contribution >= 4 is 34.0 Å². The number of aromatic hydroxyl groups is 1. The Hall–Kier alpha value is -2.89. The van der Waals surface area contributed by atoms with Crippen LogP contribution in [0.25, 0.3) is 10.8 Å². The molecule has 6 heteroatoms.